The maximum atomic E-state index is 13.0. The van der Waals surface area contributed by atoms with Crippen molar-refractivity contribution in [2.75, 3.05) is 26.6 Å². The highest BCUT2D eigenvalue weighted by Gasteiger charge is 2.30. The van der Waals surface area contributed by atoms with Crippen LogP contribution in [0.3, 0.4) is 0 Å². The predicted octanol–water partition coefficient (Wildman–Crippen LogP) is 4.72. The largest absolute Gasteiger partial charge is 0.492 e. The van der Waals surface area contributed by atoms with E-state index in [9.17, 15) is 4.79 Å². The van der Waals surface area contributed by atoms with E-state index in [-0.39, 0.29) is 16.9 Å². The first-order valence-corrected chi connectivity index (χ1v) is 9.89. The third-order valence-corrected chi connectivity index (χ3v) is 4.33. The van der Waals surface area contributed by atoms with Gasteiger partial charge in [0, 0.05) is 11.3 Å². The summed E-state index contributed by atoms with van der Waals surface area (Å²) in [5, 5.41) is 3.11. The number of ether oxygens (including phenoxy) is 3. The molecule has 0 aliphatic rings. The van der Waals surface area contributed by atoms with Gasteiger partial charge in [-0.25, -0.2) is 0 Å². The maximum absolute atomic E-state index is 13.0. The summed E-state index contributed by atoms with van der Waals surface area (Å²) in [7, 11) is 3.06. The number of benzene rings is 1. The minimum Gasteiger partial charge on any atom is -0.492 e. The molecule has 0 unspecified atom stereocenters. The number of hydrogen-bond acceptors (Lipinski definition) is 5. The van der Waals surface area contributed by atoms with E-state index in [1.807, 2.05) is 13.8 Å². The van der Waals surface area contributed by atoms with Crippen LogP contribution in [0.1, 0.15) is 51.4 Å². The monoisotopic (exact) mass is 447 g/mol. The van der Waals surface area contributed by atoms with Gasteiger partial charge >= 0.3 is 0 Å². The summed E-state index contributed by atoms with van der Waals surface area (Å²) in [4.78, 5) is 13.0. The molecule has 0 radical (unpaired) electrons. The Kier molecular flexibility index (Phi) is 8.14. The topological polar surface area (TPSA) is 56.8 Å². The highest BCUT2D eigenvalue weighted by molar-refractivity contribution is 9.10. The molecule has 1 amide bonds. The number of hydrogen-bond donors (Lipinski definition) is 2. The molecule has 0 heterocycles. The van der Waals surface area contributed by atoms with Crippen LogP contribution in [0, 0.1) is 5.41 Å². The lowest BCUT2D eigenvalue weighted by Crippen LogP contribution is -2.45. The van der Waals surface area contributed by atoms with E-state index >= 15 is 0 Å². The van der Waals surface area contributed by atoms with E-state index in [0.717, 1.165) is 6.42 Å². The van der Waals surface area contributed by atoms with E-state index in [1.165, 1.54) is 14.2 Å². The van der Waals surface area contributed by atoms with Crippen molar-refractivity contribution in [3.63, 3.8) is 0 Å². The number of amides is 1. The lowest BCUT2D eigenvalue weighted by Gasteiger charge is -2.33. The molecule has 7 heteroatoms. The Morgan fingerprint density at radius 2 is 1.69 bits per heavy atom. The summed E-state index contributed by atoms with van der Waals surface area (Å²) in [6.45, 7) is 10.8. The van der Waals surface area contributed by atoms with E-state index in [1.54, 1.807) is 6.07 Å². The molecule has 148 valence electrons. The molecule has 0 aliphatic heterocycles. The summed E-state index contributed by atoms with van der Waals surface area (Å²) in [6.07, 6.45) is 0.826. The Bertz CT molecular complexity index is 641. The average Bonchev–Trinajstić information content (AvgIpc) is 2.49. The second-order valence-corrected chi connectivity index (χ2v) is 9.25. The van der Waals surface area contributed by atoms with Crippen LogP contribution in [0.2, 0.25) is 0 Å². The lowest BCUT2D eigenvalue weighted by molar-refractivity contribution is 0.0886. The molecular formula is C19H30BrNO4S. The van der Waals surface area contributed by atoms with Crippen molar-refractivity contribution in [1.82, 2.24) is 5.32 Å². The Balaban J connectivity index is 3.32. The van der Waals surface area contributed by atoms with Gasteiger partial charge in [0.25, 0.3) is 5.91 Å². The number of nitrogens with one attached hydrogen (secondary N) is 1. The van der Waals surface area contributed by atoms with Crippen LogP contribution in [-0.4, -0.2) is 38.0 Å². The molecular weight excluding hydrogens is 418 g/mol. The van der Waals surface area contributed by atoms with Gasteiger partial charge < -0.3 is 19.5 Å². The highest BCUT2D eigenvalue weighted by atomic mass is 79.9. The predicted molar refractivity (Wildman–Crippen MR) is 112 cm³/mol. The summed E-state index contributed by atoms with van der Waals surface area (Å²) in [6, 6.07) is 1.69. The van der Waals surface area contributed by atoms with Crippen LogP contribution in [0.15, 0.2) is 10.5 Å². The summed E-state index contributed by atoms with van der Waals surface area (Å²) in [5.41, 5.74) is 0.0918. The Hall–Kier alpha value is -1.08. The molecule has 1 aromatic rings. The van der Waals surface area contributed by atoms with Gasteiger partial charge in [0.05, 0.1) is 30.9 Å². The zero-order valence-electron chi connectivity index (χ0n) is 16.7. The molecule has 5 nitrogen and oxygen atoms in total. The molecule has 26 heavy (non-hydrogen) atoms. The zero-order chi connectivity index (χ0) is 20.1. The molecule has 0 aromatic heterocycles. The Morgan fingerprint density at radius 3 is 2.15 bits per heavy atom. The summed E-state index contributed by atoms with van der Waals surface area (Å²) in [5.74, 6) is 1.49. The van der Waals surface area contributed by atoms with Crippen LogP contribution in [0.4, 0.5) is 0 Å². The van der Waals surface area contributed by atoms with Crippen molar-refractivity contribution < 1.29 is 19.0 Å². The van der Waals surface area contributed by atoms with Crippen molar-refractivity contribution in [1.29, 1.82) is 0 Å². The fourth-order valence-electron chi connectivity index (χ4n) is 3.17. The van der Waals surface area contributed by atoms with Gasteiger partial charge in [-0.15, -0.1) is 0 Å². The average molecular weight is 448 g/mol. The van der Waals surface area contributed by atoms with Crippen molar-refractivity contribution in [3.8, 4) is 17.2 Å². The van der Waals surface area contributed by atoms with Crippen LogP contribution in [0.25, 0.3) is 0 Å². The van der Waals surface area contributed by atoms with Crippen molar-refractivity contribution in [2.24, 2.45) is 5.41 Å². The third-order valence-electron chi connectivity index (χ3n) is 3.56. The molecule has 1 aromatic carbocycles. The fourth-order valence-corrected chi connectivity index (χ4v) is 3.83. The first-order valence-electron chi connectivity index (χ1n) is 8.46. The number of carbonyl (C=O) groups is 1. The second-order valence-electron chi connectivity index (χ2n) is 7.95. The Morgan fingerprint density at radius 1 is 1.12 bits per heavy atom. The zero-order valence-corrected chi connectivity index (χ0v) is 19.1. The maximum Gasteiger partial charge on any atom is 0.255 e. The molecule has 0 aliphatic carbocycles. The van der Waals surface area contributed by atoms with E-state index in [2.05, 4.69) is 54.6 Å². The number of methoxy groups -OCH3 is 2. The van der Waals surface area contributed by atoms with E-state index in [4.69, 9.17) is 14.2 Å². The first kappa shape index (κ1) is 23.0. The second kappa shape index (κ2) is 9.22. The van der Waals surface area contributed by atoms with Crippen LogP contribution < -0.4 is 19.5 Å². The van der Waals surface area contributed by atoms with Gasteiger partial charge in [-0.3, -0.25) is 4.79 Å². The molecule has 1 N–H and O–H groups in total. The van der Waals surface area contributed by atoms with Crippen molar-refractivity contribution in [3.05, 3.63) is 16.1 Å². The van der Waals surface area contributed by atoms with Crippen molar-refractivity contribution in [2.45, 2.75) is 46.6 Å². The minimum absolute atomic E-state index is 0.0837. The molecule has 1 rings (SSSR count). The minimum atomic E-state index is -0.379. The number of halogens is 1. The van der Waals surface area contributed by atoms with E-state index in [0.29, 0.717) is 39.6 Å². The Labute approximate surface area is 170 Å². The van der Waals surface area contributed by atoms with Gasteiger partial charge in [0.2, 0.25) is 5.75 Å². The molecule has 0 atom stereocenters. The number of rotatable bonds is 8. The third kappa shape index (κ3) is 6.27. The van der Waals surface area contributed by atoms with Gasteiger partial charge in [-0.05, 0) is 47.7 Å². The van der Waals surface area contributed by atoms with Gasteiger partial charge in [-0.2, -0.15) is 12.6 Å². The molecule has 0 bridgehead atoms. The van der Waals surface area contributed by atoms with Crippen LogP contribution in [-0.2, 0) is 0 Å². The highest BCUT2D eigenvalue weighted by Crippen LogP contribution is 2.45. The molecule has 0 saturated carbocycles. The molecule has 0 spiro atoms. The molecule has 0 fully saturated rings. The number of carbonyl (C=O) groups excluding carboxylic acids is 1. The summed E-state index contributed by atoms with van der Waals surface area (Å²) >= 11 is 7.62. The normalized spacial score (nSPS) is 11.9. The van der Waals surface area contributed by atoms with Gasteiger partial charge in [0.1, 0.15) is 0 Å². The van der Waals surface area contributed by atoms with Crippen LogP contribution >= 0.6 is 28.6 Å². The SMILES string of the molecule is COc1c(Br)cc(C(=O)NC(C)(C)CC(C)(C)C)c(OCCS)c1OC. The van der Waals surface area contributed by atoms with Crippen LogP contribution in [0.5, 0.6) is 17.2 Å². The standard InChI is InChI=1S/C19H30BrNO4S/c1-18(2,3)11-19(4,5)21-17(22)12-10-13(20)15(23-6)16(24-7)14(12)25-8-9-26/h10,26H,8-9,11H2,1-7H3,(H,21,22). The smallest absolute Gasteiger partial charge is 0.255 e. The number of thiol groups is 1. The fraction of sp³-hybridized carbons (Fsp3) is 0.632. The van der Waals surface area contributed by atoms with E-state index < -0.39 is 0 Å². The van der Waals surface area contributed by atoms with Gasteiger partial charge in [-0.1, -0.05) is 20.8 Å². The van der Waals surface area contributed by atoms with Gasteiger partial charge in [0.15, 0.2) is 11.5 Å². The summed E-state index contributed by atoms with van der Waals surface area (Å²) < 4.78 is 17.2. The molecule has 0 saturated heterocycles. The lowest BCUT2D eigenvalue weighted by atomic mass is 9.81. The first-order chi connectivity index (χ1) is 12.0. The van der Waals surface area contributed by atoms with Crippen molar-refractivity contribution >= 4 is 34.5 Å². The quantitative estimate of drug-likeness (QED) is 0.565.